The Morgan fingerprint density at radius 2 is 2.12 bits per heavy atom. The van der Waals surface area contributed by atoms with Crippen LogP contribution in [0, 0.1) is 5.92 Å². The lowest BCUT2D eigenvalue weighted by atomic mass is 9.77. The van der Waals surface area contributed by atoms with Gasteiger partial charge in [-0.1, -0.05) is 17.7 Å². The summed E-state index contributed by atoms with van der Waals surface area (Å²) < 4.78 is 6.36. The molecule has 1 N–H and O–H groups in total. The minimum Gasteiger partial charge on any atom is -0.494 e. The molecule has 25 heavy (non-hydrogen) atoms. The van der Waals surface area contributed by atoms with Gasteiger partial charge in [0.1, 0.15) is 0 Å². The Kier molecular flexibility index (Phi) is 3.56. The van der Waals surface area contributed by atoms with Gasteiger partial charge in [-0.2, -0.15) is 0 Å². The van der Waals surface area contributed by atoms with Gasteiger partial charge in [0.2, 0.25) is 0 Å². The van der Waals surface area contributed by atoms with Crippen LogP contribution in [0.3, 0.4) is 0 Å². The van der Waals surface area contributed by atoms with Gasteiger partial charge in [0.15, 0.2) is 5.75 Å². The van der Waals surface area contributed by atoms with Gasteiger partial charge in [0, 0.05) is 5.54 Å². The molecule has 1 aliphatic carbocycles. The average Bonchev–Trinajstić information content (AvgIpc) is 3.28. The maximum Gasteiger partial charge on any atom is 0.261 e. The Morgan fingerprint density at radius 3 is 2.80 bits per heavy atom. The second-order valence-corrected chi connectivity index (χ2v) is 8.95. The highest BCUT2D eigenvalue weighted by Gasteiger charge is 2.60. The third-order valence-corrected chi connectivity index (χ3v) is 7.74. The van der Waals surface area contributed by atoms with E-state index in [2.05, 4.69) is 10.2 Å². The van der Waals surface area contributed by atoms with Crippen molar-refractivity contribution in [2.45, 2.75) is 37.3 Å². The summed E-state index contributed by atoms with van der Waals surface area (Å²) in [7, 11) is 1.62. The molecule has 0 radical (unpaired) electrons. The number of ether oxygens (including phenoxy) is 1. The lowest BCUT2D eigenvalue weighted by Crippen LogP contribution is -2.65. The van der Waals surface area contributed by atoms with E-state index in [1.807, 2.05) is 18.2 Å². The predicted octanol–water partition coefficient (Wildman–Crippen LogP) is 3.92. The number of thiophene rings is 1. The number of fused-ring (bicyclic) bond motifs is 3. The number of halogens is 1. The first-order valence-corrected chi connectivity index (χ1v) is 10.1. The fourth-order valence-corrected chi connectivity index (χ4v) is 6.27. The second-order valence-electron chi connectivity index (χ2n) is 7.49. The first-order valence-electron chi connectivity index (χ1n) is 8.94. The van der Waals surface area contributed by atoms with Crippen molar-refractivity contribution in [2.75, 3.05) is 20.2 Å². The van der Waals surface area contributed by atoms with E-state index in [9.17, 15) is 4.79 Å². The zero-order valence-corrected chi connectivity index (χ0v) is 15.8. The largest absolute Gasteiger partial charge is 0.494 e. The third-order valence-electron chi connectivity index (χ3n) is 6.29. The monoisotopic (exact) mass is 376 g/mol. The van der Waals surface area contributed by atoms with Crippen LogP contribution >= 0.6 is 22.9 Å². The van der Waals surface area contributed by atoms with E-state index in [4.69, 9.17) is 16.3 Å². The number of piperidine rings is 3. The molecule has 4 nitrogen and oxygen atoms in total. The van der Waals surface area contributed by atoms with Crippen LogP contribution in [0.5, 0.6) is 5.75 Å². The molecule has 4 aliphatic rings. The number of methoxy groups -OCH3 is 1. The van der Waals surface area contributed by atoms with E-state index in [1.54, 1.807) is 7.11 Å². The number of hydrogen-bond donors (Lipinski definition) is 1. The van der Waals surface area contributed by atoms with Crippen LogP contribution in [0.1, 0.15) is 35.4 Å². The molecule has 2 aromatic rings. The van der Waals surface area contributed by atoms with Crippen molar-refractivity contribution in [3.63, 3.8) is 0 Å². The van der Waals surface area contributed by atoms with Crippen molar-refractivity contribution in [2.24, 2.45) is 5.92 Å². The number of carbonyl (C=O) groups is 1. The van der Waals surface area contributed by atoms with Gasteiger partial charge in [-0.3, -0.25) is 9.69 Å². The van der Waals surface area contributed by atoms with E-state index in [-0.39, 0.29) is 11.4 Å². The molecule has 2 bridgehead atoms. The molecule has 6 rings (SSSR count). The molecule has 1 amide bonds. The summed E-state index contributed by atoms with van der Waals surface area (Å²) >= 11 is 7.68. The number of carbonyl (C=O) groups excluding carboxylic acids is 1. The molecule has 0 unspecified atom stereocenters. The van der Waals surface area contributed by atoms with E-state index in [1.165, 1.54) is 50.1 Å². The summed E-state index contributed by atoms with van der Waals surface area (Å²) in [5.41, 5.74) is 0.258. The molecule has 1 aromatic heterocycles. The fourth-order valence-electron chi connectivity index (χ4n) is 4.89. The molecule has 6 heteroatoms. The number of amides is 1. The van der Waals surface area contributed by atoms with E-state index in [0.29, 0.717) is 22.7 Å². The van der Waals surface area contributed by atoms with Crippen LogP contribution < -0.4 is 10.1 Å². The van der Waals surface area contributed by atoms with Crippen LogP contribution in [0.4, 0.5) is 0 Å². The number of nitrogens with one attached hydrogen (secondary N) is 1. The average molecular weight is 377 g/mol. The highest BCUT2D eigenvalue weighted by atomic mass is 35.5. The smallest absolute Gasteiger partial charge is 0.261 e. The quantitative estimate of drug-likeness (QED) is 0.882. The van der Waals surface area contributed by atoms with Gasteiger partial charge in [-0.05, 0) is 62.2 Å². The maximum atomic E-state index is 13.0. The number of rotatable bonds is 3. The molecule has 1 spiro atoms. The summed E-state index contributed by atoms with van der Waals surface area (Å²) in [4.78, 5) is 16.3. The number of benzene rings is 1. The molecule has 4 fully saturated rings. The molecule has 132 valence electrons. The summed E-state index contributed by atoms with van der Waals surface area (Å²) in [6.45, 7) is 2.41. The van der Waals surface area contributed by atoms with Crippen LogP contribution in [-0.4, -0.2) is 42.6 Å². The normalized spacial score (nSPS) is 29.1. The topological polar surface area (TPSA) is 41.6 Å². The Balaban J connectivity index is 1.44. The standard InChI is InChI=1S/C19H21ClN2O2S/c1-24-15-13(20)3-2-12-10-14(25-16(12)15)18(23)21-17-11-4-8-22(9-5-11)19(17)6-7-19/h2-3,10-11,17H,4-9H2,1H3,(H,21,23)/t17-/m1/s1. The van der Waals surface area contributed by atoms with Gasteiger partial charge < -0.3 is 10.1 Å². The van der Waals surface area contributed by atoms with Crippen LogP contribution in [-0.2, 0) is 0 Å². The summed E-state index contributed by atoms with van der Waals surface area (Å²) in [5, 5.41) is 4.98. The molecule has 1 atom stereocenters. The van der Waals surface area contributed by atoms with Crippen molar-refractivity contribution < 1.29 is 9.53 Å². The summed E-state index contributed by atoms with van der Waals surface area (Å²) in [6.07, 6.45) is 4.87. The molecular formula is C19H21ClN2O2S. The minimum atomic E-state index is 0.0457. The molecule has 3 aliphatic heterocycles. The minimum absolute atomic E-state index is 0.0457. The van der Waals surface area contributed by atoms with Crippen molar-refractivity contribution in [1.29, 1.82) is 0 Å². The molecule has 1 saturated carbocycles. The molecule has 3 saturated heterocycles. The number of nitrogens with zero attached hydrogens (tertiary/aromatic N) is 1. The van der Waals surface area contributed by atoms with Crippen LogP contribution in [0.25, 0.3) is 10.1 Å². The zero-order chi connectivity index (χ0) is 17.2. The Morgan fingerprint density at radius 1 is 1.36 bits per heavy atom. The highest BCUT2D eigenvalue weighted by molar-refractivity contribution is 7.21. The molecule has 4 heterocycles. The van der Waals surface area contributed by atoms with Crippen molar-refractivity contribution >= 4 is 38.9 Å². The second kappa shape index (κ2) is 5.60. The fraction of sp³-hybridized carbons (Fsp3) is 0.526. The first-order chi connectivity index (χ1) is 12.1. The highest BCUT2D eigenvalue weighted by Crippen LogP contribution is 2.53. The number of hydrogen-bond acceptors (Lipinski definition) is 4. The predicted molar refractivity (Wildman–Crippen MR) is 101 cm³/mol. The van der Waals surface area contributed by atoms with Crippen molar-refractivity contribution in [1.82, 2.24) is 10.2 Å². The van der Waals surface area contributed by atoms with Crippen molar-refractivity contribution in [3.8, 4) is 5.75 Å². The first kappa shape index (κ1) is 15.9. The van der Waals surface area contributed by atoms with Gasteiger partial charge >= 0.3 is 0 Å². The van der Waals surface area contributed by atoms with Crippen LogP contribution in [0.15, 0.2) is 18.2 Å². The SMILES string of the molecule is COc1c(Cl)ccc2cc(C(=O)N[C@@H]3C4CCN(CC4)C34CC4)sc12. The summed E-state index contributed by atoms with van der Waals surface area (Å²) in [6, 6.07) is 6.03. The van der Waals surface area contributed by atoms with Crippen LogP contribution in [0.2, 0.25) is 5.02 Å². The Labute approximate surface area is 156 Å². The van der Waals surface area contributed by atoms with E-state index >= 15 is 0 Å². The van der Waals surface area contributed by atoms with Gasteiger partial charge in [0.05, 0.1) is 27.8 Å². The lowest BCUT2D eigenvalue weighted by Gasteiger charge is -2.52. The van der Waals surface area contributed by atoms with Gasteiger partial charge in [-0.25, -0.2) is 0 Å². The zero-order valence-electron chi connectivity index (χ0n) is 14.2. The Bertz CT molecular complexity index is 852. The third kappa shape index (κ3) is 2.32. The van der Waals surface area contributed by atoms with E-state index in [0.717, 1.165) is 15.0 Å². The Hall–Kier alpha value is -1.30. The van der Waals surface area contributed by atoms with E-state index < -0.39 is 0 Å². The van der Waals surface area contributed by atoms with Crippen molar-refractivity contribution in [3.05, 3.63) is 28.1 Å². The maximum absolute atomic E-state index is 13.0. The van der Waals surface area contributed by atoms with Gasteiger partial charge in [-0.15, -0.1) is 11.3 Å². The lowest BCUT2D eigenvalue weighted by molar-refractivity contribution is -0.00138. The van der Waals surface area contributed by atoms with Gasteiger partial charge in [0.25, 0.3) is 5.91 Å². The molecular weight excluding hydrogens is 356 g/mol. The molecule has 1 aromatic carbocycles. The summed E-state index contributed by atoms with van der Waals surface area (Å²) in [5.74, 6) is 1.34.